The van der Waals surface area contributed by atoms with Gasteiger partial charge < -0.3 is 9.80 Å². The topological polar surface area (TPSA) is 30.0 Å². The number of rotatable bonds is 4. The number of piperidine rings is 1. The van der Waals surface area contributed by atoms with Gasteiger partial charge in [0.25, 0.3) is 0 Å². The fourth-order valence-electron chi connectivity index (χ4n) is 4.14. The summed E-state index contributed by atoms with van der Waals surface area (Å²) in [5, 5.41) is 0. The van der Waals surface area contributed by atoms with E-state index in [2.05, 4.69) is 49.3 Å². The highest BCUT2D eigenvalue weighted by Crippen LogP contribution is 2.34. The Kier molecular flexibility index (Phi) is 6.54. The quantitative estimate of drug-likeness (QED) is 0.789. The lowest BCUT2D eigenvalue weighted by atomic mass is 9.82. The molecule has 0 aromatic heterocycles. The Hall–Kier alpha value is -0.810. The number of amides is 2. The van der Waals surface area contributed by atoms with E-state index in [1.54, 1.807) is 0 Å². The van der Waals surface area contributed by atoms with Crippen molar-refractivity contribution in [1.29, 1.82) is 0 Å². The van der Waals surface area contributed by atoms with E-state index in [1.807, 2.05) is 11.9 Å². The zero-order chi connectivity index (χ0) is 17.9. The maximum atomic E-state index is 12.6. The van der Waals surface area contributed by atoms with Crippen LogP contribution >= 0.6 is 0 Å². The van der Waals surface area contributed by atoms with Gasteiger partial charge in [0.1, 0.15) is 0 Å². The lowest BCUT2D eigenvalue weighted by molar-refractivity contribution is -0.0466. The third kappa shape index (κ3) is 4.05. The Labute approximate surface area is 148 Å². The van der Waals surface area contributed by atoms with Crippen molar-refractivity contribution in [2.75, 3.05) is 46.3 Å². The third-order valence-electron chi connectivity index (χ3n) is 6.09. The van der Waals surface area contributed by atoms with Gasteiger partial charge in [0.05, 0.1) is 0 Å². The molecule has 2 amide bonds. The largest absolute Gasteiger partial charge is 0.325 e. The summed E-state index contributed by atoms with van der Waals surface area (Å²) < 4.78 is 0. The number of urea groups is 1. The summed E-state index contributed by atoms with van der Waals surface area (Å²) >= 11 is 0. The van der Waals surface area contributed by atoms with Gasteiger partial charge in [-0.25, -0.2) is 4.79 Å². The maximum Gasteiger partial charge on any atom is 0.319 e. The molecule has 2 saturated heterocycles. The Balaban J connectivity index is 2.05. The number of hydrogen-bond acceptors (Lipinski definition) is 3. The Morgan fingerprint density at radius 3 is 2.21 bits per heavy atom. The van der Waals surface area contributed by atoms with Crippen molar-refractivity contribution in [2.24, 2.45) is 0 Å². The molecular weight excluding hydrogens is 300 g/mol. The number of carbonyl (C=O) groups excluding carboxylic acids is 1. The average Bonchev–Trinajstić information content (AvgIpc) is 2.56. The van der Waals surface area contributed by atoms with Crippen LogP contribution in [0.1, 0.15) is 53.9 Å². The lowest BCUT2D eigenvalue weighted by Crippen LogP contribution is -2.67. The summed E-state index contributed by atoms with van der Waals surface area (Å²) in [4.78, 5) is 21.9. The van der Waals surface area contributed by atoms with Crippen molar-refractivity contribution in [3.8, 4) is 0 Å². The summed E-state index contributed by atoms with van der Waals surface area (Å²) in [7, 11) is 1.92. The SMILES string of the molecule is CCCN1CCN(C(C)C)CC12CCN(C(=O)N(C)C(C)C)CC2. The van der Waals surface area contributed by atoms with Crippen molar-refractivity contribution < 1.29 is 4.79 Å². The van der Waals surface area contributed by atoms with Gasteiger partial charge >= 0.3 is 6.03 Å². The van der Waals surface area contributed by atoms with Crippen LogP contribution in [0.2, 0.25) is 0 Å². The molecule has 0 bridgehead atoms. The van der Waals surface area contributed by atoms with Gasteiger partial charge in [0.15, 0.2) is 0 Å². The standard InChI is InChI=1S/C19H38N4O/c1-7-10-23-14-13-22(17(4)5)15-19(23)8-11-21(12-9-19)18(24)20(6)16(2)3/h16-17H,7-15H2,1-6H3. The summed E-state index contributed by atoms with van der Waals surface area (Å²) in [6, 6.07) is 1.06. The van der Waals surface area contributed by atoms with Crippen LogP contribution < -0.4 is 0 Å². The highest BCUT2D eigenvalue weighted by molar-refractivity contribution is 5.74. The summed E-state index contributed by atoms with van der Waals surface area (Å²) in [5.74, 6) is 0. The predicted octanol–water partition coefficient (Wildman–Crippen LogP) is 2.72. The number of piperazine rings is 1. The van der Waals surface area contributed by atoms with Crippen molar-refractivity contribution >= 4 is 6.03 Å². The first-order chi connectivity index (χ1) is 11.3. The second-order valence-electron chi connectivity index (χ2n) is 8.25. The first-order valence-electron chi connectivity index (χ1n) is 9.81. The normalized spacial score (nSPS) is 22.6. The molecular formula is C19H38N4O. The van der Waals surface area contributed by atoms with Crippen LogP contribution in [0, 0.1) is 0 Å². The van der Waals surface area contributed by atoms with Gasteiger partial charge in [-0.05, 0) is 53.5 Å². The maximum absolute atomic E-state index is 12.6. The number of hydrogen-bond donors (Lipinski definition) is 0. The second-order valence-corrected chi connectivity index (χ2v) is 8.25. The minimum Gasteiger partial charge on any atom is -0.325 e. The third-order valence-corrected chi connectivity index (χ3v) is 6.09. The first kappa shape index (κ1) is 19.5. The molecule has 0 saturated carbocycles. The fourth-order valence-corrected chi connectivity index (χ4v) is 4.14. The molecule has 5 nitrogen and oxygen atoms in total. The zero-order valence-electron chi connectivity index (χ0n) is 16.7. The van der Waals surface area contributed by atoms with Crippen LogP contribution in [0.4, 0.5) is 4.79 Å². The number of likely N-dealkylation sites (tertiary alicyclic amines) is 1. The molecule has 2 fully saturated rings. The average molecular weight is 339 g/mol. The van der Waals surface area contributed by atoms with Crippen LogP contribution in [0.3, 0.4) is 0 Å². The van der Waals surface area contributed by atoms with Crippen molar-refractivity contribution in [3.05, 3.63) is 0 Å². The van der Waals surface area contributed by atoms with Gasteiger partial charge in [0.2, 0.25) is 0 Å². The molecule has 0 unspecified atom stereocenters. The van der Waals surface area contributed by atoms with Gasteiger partial charge in [-0.1, -0.05) is 6.92 Å². The molecule has 2 heterocycles. The molecule has 2 rings (SSSR count). The van der Waals surface area contributed by atoms with E-state index in [1.165, 1.54) is 26.1 Å². The van der Waals surface area contributed by atoms with E-state index >= 15 is 0 Å². The van der Waals surface area contributed by atoms with Crippen LogP contribution in [-0.2, 0) is 0 Å². The van der Waals surface area contributed by atoms with Crippen LogP contribution in [0.5, 0.6) is 0 Å². The highest BCUT2D eigenvalue weighted by atomic mass is 16.2. The molecule has 0 radical (unpaired) electrons. The molecule has 0 aliphatic carbocycles. The first-order valence-corrected chi connectivity index (χ1v) is 9.81. The molecule has 0 atom stereocenters. The number of carbonyl (C=O) groups is 1. The fraction of sp³-hybridized carbons (Fsp3) is 0.947. The predicted molar refractivity (Wildman–Crippen MR) is 100 cm³/mol. The van der Waals surface area contributed by atoms with Crippen molar-refractivity contribution in [1.82, 2.24) is 19.6 Å². The molecule has 5 heteroatoms. The minimum absolute atomic E-state index is 0.193. The van der Waals surface area contributed by atoms with E-state index in [4.69, 9.17) is 0 Å². The van der Waals surface area contributed by atoms with E-state index < -0.39 is 0 Å². The van der Waals surface area contributed by atoms with E-state index in [0.717, 1.165) is 32.5 Å². The molecule has 24 heavy (non-hydrogen) atoms. The molecule has 140 valence electrons. The molecule has 1 spiro atoms. The van der Waals surface area contributed by atoms with Gasteiger partial charge in [-0.2, -0.15) is 0 Å². The summed E-state index contributed by atoms with van der Waals surface area (Å²) in [6.45, 7) is 17.5. The minimum atomic E-state index is 0.193. The van der Waals surface area contributed by atoms with Gasteiger partial charge in [0, 0.05) is 57.4 Å². The van der Waals surface area contributed by atoms with Crippen LogP contribution in [0.25, 0.3) is 0 Å². The molecule has 0 aromatic carbocycles. The van der Waals surface area contributed by atoms with E-state index in [9.17, 15) is 4.79 Å². The molecule has 2 aliphatic rings. The van der Waals surface area contributed by atoms with Gasteiger partial charge in [-0.15, -0.1) is 0 Å². The Morgan fingerprint density at radius 1 is 1.08 bits per heavy atom. The molecule has 2 aliphatic heterocycles. The lowest BCUT2D eigenvalue weighted by Gasteiger charge is -2.55. The van der Waals surface area contributed by atoms with Crippen LogP contribution in [0.15, 0.2) is 0 Å². The molecule has 0 aromatic rings. The van der Waals surface area contributed by atoms with Gasteiger partial charge in [-0.3, -0.25) is 9.80 Å². The monoisotopic (exact) mass is 338 g/mol. The van der Waals surface area contributed by atoms with E-state index in [0.29, 0.717) is 6.04 Å². The number of nitrogens with zero attached hydrogens (tertiary/aromatic N) is 4. The van der Waals surface area contributed by atoms with Crippen molar-refractivity contribution in [2.45, 2.75) is 71.5 Å². The molecule has 0 N–H and O–H groups in total. The van der Waals surface area contributed by atoms with Crippen molar-refractivity contribution in [3.63, 3.8) is 0 Å². The smallest absolute Gasteiger partial charge is 0.319 e. The highest BCUT2D eigenvalue weighted by Gasteiger charge is 2.44. The Morgan fingerprint density at radius 2 is 1.71 bits per heavy atom. The summed E-state index contributed by atoms with van der Waals surface area (Å²) in [5.41, 5.74) is 0.270. The summed E-state index contributed by atoms with van der Waals surface area (Å²) in [6.07, 6.45) is 3.42. The zero-order valence-corrected chi connectivity index (χ0v) is 16.7. The van der Waals surface area contributed by atoms with E-state index in [-0.39, 0.29) is 17.6 Å². The Bertz CT molecular complexity index is 416. The second kappa shape index (κ2) is 8.05. The van der Waals surface area contributed by atoms with Crippen LogP contribution in [-0.4, -0.2) is 89.6 Å².